The van der Waals surface area contributed by atoms with Gasteiger partial charge in [-0.15, -0.1) is 0 Å². The summed E-state index contributed by atoms with van der Waals surface area (Å²) in [5.41, 5.74) is 1.89. The second kappa shape index (κ2) is 6.01. The summed E-state index contributed by atoms with van der Waals surface area (Å²) in [6.07, 6.45) is 0. The first-order chi connectivity index (χ1) is 7.93. The molecular weight excluding hydrogens is 212 g/mol. The zero-order valence-corrected chi connectivity index (χ0v) is 11.6. The van der Waals surface area contributed by atoms with Gasteiger partial charge in [-0.3, -0.25) is 0 Å². The van der Waals surface area contributed by atoms with Crippen LogP contribution in [0.15, 0.2) is 12.1 Å². The summed E-state index contributed by atoms with van der Waals surface area (Å²) in [6, 6.07) is 4.32. The third kappa shape index (κ3) is 4.00. The minimum absolute atomic E-state index is 0.0734. The summed E-state index contributed by atoms with van der Waals surface area (Å²) in [5, 5.41) is 9.24. The molecule has 3 heteroatoms. The van der Waals surface area contributed by atoms with Gasteiger partial charge in [-0.1, -0.05) is 13.8 Å². The molecule has 0 saturated carbocycles. The van der Waals surface area contributed by atoms with E-state index in [1.165, 1.54) is 0 Å². The Balaban J connectivity index is 3.04. The van der Waals surface area contributed by atoms with Crippen LogP contribution in [0.5, 0.6) is 0 Å². The normalized spacial score (nSPS) is 11.3. The molecule has 1 aromatic heterocycles. The minimum Gasteiger partial charge on any atom is -0.392 e. The van der Waals surface area contributed by atoms with Crippen LogP contribution < -0.4 is 4.90 Å². The van der Waals surface area contributed by atoms with Gasteiger partial charge in [-0.05, 0) is 44.4 Å². The van der Waals surface area contributed by atoms with Crippen LogP contribution in [-0.4, -0.2) is 22.7 Å². The Morgan fingerprint density at radius 3 is 2.35 bits per heavy atom. The van der Waals surface area contributed by atoms with E-state index in [1.54, 1.807) is 0 Å². The molecule has 1 N–H and O–H groups in total. The third-order valence-electron chi connectivity index (χ3n) is 2.66. The number of hydrogen-bond donors (Lipinski definition) is 1. The number of nitrogens with zero attached hydrogens (tertiary/aromatic N) is 2. The number of aromatic nitrogens is 1. The van der Waals surface area contributed by atoms with Gasteiger partial charge >= 0.3 is 0 Å². The molecule has 17 heavy (non-hydrogen) atoms. The lowest BCUT2D eigenvalue weighted by Crippen LogP contribution is -2.35. The summed E-state index contributed by atoms with van der Waals surface area (Å²) < 4.78 is 0. The maximum absolute atomic E-state index is 9.24. The van der Waals surface area contributed by atoms with Gasteiger partial charge in [0.1, 0.15) is 5.82 Å². The highest BCUT2D eigenvalue weighted by Gasteiger charge is 2.14. The van der Waals surface area contributed by atoms with Gasteiger partial charge in [0, 0.05) is 18.3 Å². The van der Waals surface area contributed by atoms with E-state index in [-0.39, 0.29) is 6.61 Å². The van der Waals surface area contributed by atoms with Crippen molar-refractivity contribution in [2.24, 2.45) is 5.92 Å². The molecule has 1 heterocycles. The van der Waals surface area contributed by atoms with Crippen molar-refractivity contribution in [2.75, 3.05) is 11.4 Å². The Bertz CT molecular complexity index is 361. The summed E-state index contributed by atoms with van der Waals surface area (Å²) in [5.74, 6) is 1.56. The summed E-state index contributed by atoms with van der Waals surface area (Å²) in [4.78, 5) is 6.86. The van der Waals surface area contributed by atoms with Crippen molar-refractivity contribution < 1.29 is 5.11 Å². The van der Waals surface area contributed by atoms with Gasteiger partial charge in [-0.2, -0.15) is 0 Å². The second-order valence-electron chi connectivity index (χ2n) is 5.27. The average Bonchev–Trinajstić information content (AvgIpc) is 2.24. The molecule has 96 valence electrons. The first-order valence-electron chi connectivity index (χ1n) is 6.29. The van der Waals surface area contributed by atoms with E-state index >= 15 is 0 Å². The summed E-state index contributed by atoms with van der Waals surface area (Å²) >= 11 is 0. The number of aliphatic hydroxyl groups excluding tert-OH is 1. The van der Waals surface area contributed by atoms with E-state index in [0.717, 1.165) is 23.6 Å². The first kappa shape index (κ1) is 14.0. The summed E-state index contributed by atoms with van der Waals surface area (Å²) in [7, 11) is 0. The molecule has 0 radical (unpaired) electrons. The van der Waals surface area contributed by atoms with E-state index in [9.17, 15) is 5.11 Å². The molecule has 3 nitrogen and oxygen atoms in total. The average molecular weight is 236 g/mol. The quantitative estimate of drug-likeness (QED) is 0.854. The van der Waals surface area contributed by atoms with Crippen LogP contribution in [-0.2, 0) is 6.61 Å². The lowest BCUT2D eigenvalue weighted by Gasteiger charge is -2.30. The number of aliphatic hydroxyl groups is 1. The summed E-state index contributed by atoms with van der Waals surface area (Å²) in [6.45, 7) is 11.8. The van der Waals surface area contributed by atoms with Crippen LogP contribution in [0.4, 0.5) is 5.82 Å². The molecule has 0 aromatic carbocycles. The zero-order valence-electron chi connectivity index (χ0n) is 11.6. The Hall–Kier alpha value is -1.09. The number of rotatable bonds is 5. The largest absolute Gasteiger partial charge is 0.392 e. The first-order valence-corrected chi connectivity index (χ1v) is 6.29. The zero-order chi connectivity index (χ0) is 13.0. The number of anilines is 1. The van der Waals surface area contributed by atoms with Crippen LogP contribution in [0.1, 0.15) is 39.0 Å². The van der Waals surface area contributed by atoms with E-state index < -0.39 is 0 Å². The third-order valence-corrected chi connectivity index (χ3v) is 2.66. The molecule has 0 fully saturated rings. The van der Waals surface area contributed by atoms with E-state index in [2.05, 4.69) is 37.6 Å². The molecule has 1 aromatic rings. The molecule has 0 aliphatic carbocycles. The number of hydrogen-bond acceptors (Lipinski definition) is 3. The maximum atomic E-state index is 9.24. The fraction of sp³-hybridized carbons (Fsp3) is 0.643. The lowest BCUT2D eigenvalue weighted by atomic mass is 10.1. The van der Waals surface area contributed by atoms with Crippen LogP contribution in [0, 0.1) is 12.8 Å². The number of pyridine rings is 1. The molecule has 0 aliphatic rings. The minimum atomic E-state index is 0.0734. The highest BCUT2D eigenvalue weighted by molar-refractivity contribution is 5.43. The van der Waals surface area contributed by atoms with Crippen molar-refractivity contribution in [3.63, 3.8) is 0 Å². The van der Waals surface area contributed by atoms with Crippen LogP contribution in [0.3, 0.4) is 0 Å². The van der Waals surface area contributed by atoms with E-state index in [0.29, 0.717) is 12.0 Å². The second-order valence-corrected chi connectivity index (χ2v) is 5.27. The van der Waals surface area contributed by atoms with E-state index in [4.69, 9.17) is 0 Å². The Morgan fingerprint density at radius 1 is 1.24 bits per heavy atom. The van der Waals surface area contributed by atoms with Gasteiger partial charge in [-0.25, -0.2) is 4.98 Å². The van der Waals surface area contributed by atoms with Crippen molar-refractivity contribution in [2.45, 2.75) is 47.3 Å². The molecule has 0 saturated heterocycles. The maximum Gasteiger partial charge on any atom is 0.129 e. The van der Waals surface area contributed by atoms with Crippen molar-refractivity contribution in [1.82, 2.24) is 4.98 Å². The predicted octanol–water partition coefficient (Wildman–Crippen LogP) is 2.75. The van der Waals surface area contributed by atoms with Crippen molar-refractivity contribution >= 4 is 5.82 Å². The van der Waals surface area contributed by atoms with E-state index in [1.807, 2.05) is 19.1 Å². The van der Waals surface area contributed by atoms with Gasteiger partial charge in [0.2, 0.25) is 0 Å². The molecule has 0 spiro atoms. The lowest BCUT2D eigenvalue weighted by molar-refractivity contribution is 0.281. The standard InChI is InChI=1S/C14H24N2O/c1-10(2)8-16(11(3)4)14-7-13(9-17)6-12(5)15-14/h6-7,10-11,17H,8-9H2,1-5H3. The molecule has 0 bridgehead atoms. The van der Waals surface area contributed by atoms with Gasteiger partial charge < -0.3 is 10.0 Å². The van der Waals surface area contributed by atoms with Crippen LogP contribution in [0.2, 0.25) is 0 Å². The highest BCUT2D eigenvalue weighted by atomic mass is 16.3. The van der Waals surface area contributed by atoms with Gasteiger partial charge in [0.15, 0.2) is 0 Å². The van der Waals surface area contributed by atoms with Gasteiger partial charge in [0.25, 0.3) is 0 Å². The monoisotopic (exact) mass is 236 g/mol. The molecule has 0 aliphatic heterocycles. The molecule has 0 atom stereocenters. The fourth-order valence-electron chi connectivity index (χ4n) is 1.92. The Morgan fingerprint density at radius 2 is 1.88 bits per heavy atom. The van der Waals surface area contributed by atoms with Crippen LogP contribution >= 0.6 is 0 Å². The highest BCUT2D eigenvalue weighted by Crippen LogP contribution is 2.19. The van der Waals surface area contributed by atoms with Gasteiger partial charge in [0.05, 0.1) is 6.61 Å². The molecule has 1 rings (SSSR count). The molecular formula is C14H24N2O. The number of aryl methyl sites for hydroxylation is 1. The van der Waals surface area contributed by atoms with Crippen LogP contribution in [0.25, 0.3) is 0 Å². The topological polar surface area (TPSA) is 36.4 Å². The molecule has 0 amide bonds. The predicted molar refractivity (Wildman–Crippen MR) is 72.2 cm³/mol. The van der Waals surface area contributed by atoms with Crippen molar-refractivity contribution in [3.8, 4) is 0 Å². The molecule has 0 unspecified atom stereocenters. The Labute approximate surface area is 104 Å². The fourth-order valence-corrected chi connectivity index (χ4v) is 1.92. The smallest absolute Gasteiger partial charge is 0.129 e. The van der Waals surface area contributed by atoms with Crippen molar-refractivity contribution in [3.05, 3.63) is 23.4 Å². The Kier molecular flexibility index (Phi) is 4.94. The SMILES string of the molecule is Cc1cc(CO)cc(N(CC(C)C)C(C)C)n1. The van der Waals surface area contributed by atoms with Crippen molar-refractivity contribution in [1.29, 1.82) is 0 Å².